The summed E-state index contributed by atoms with van der Waals surface area (Å²) in [5.74, 6) is 0. The lowest BCUT2D eigenvalue weighted by atomic mass is 10.1. The van der Waals surface area contributed by atoms with E-state index >= 15 is 0 Å². The summed E-state index contributed by atoms with van der Waals surface area (Å²) in [6.45, 7) is 0. The molecule has 0 radical (unpaired) electrons. The fourth-order valence-electron chi connectivity index (χ4n) is 1.93. The standard InChI is InChI=1S/C13H14N4S/c1-17-7-6-10(16-17)9(14)8-13-15-11-4-2-3-5-12(11)18-13/h2-7,9H,8,14H2,1H3. The van der Waals surface area contributed by atoms with Crippen LogP contribution in [0.25, 0.3) is 10.2 Å². The topological polar surface area (TPSA) is 56.7 Å². The van der Waals surface area contributed by atoms with E-state index in [1.165, 1.54) is 4.70 Å². The Hall–Kier alpha value is -1.72. The van der Waals surface area contributed by atoms with Crippen LogP contribution in [0.15, 0.2) is 36.5 Å². The van der Waals surface area contributed by atoms with Crippen molar-refractivity contribution in [2.75, 3.05) is 0 Å². The van der Waals surface area contributed by atoms with Crippen LogP contribution in [-0.4, -0.2) is 14.8 Å². The molecule has 5 heteroatoms. The maximum Gasteiger partial charge on any atom is 0.0958 e. The number of benzene rings is 1. The first-order valence-electron chi connectivity index (χ1n) is 5.82. The number of aromatic nitrogens is 3. The molecule has 0 saturated heterocycles. The smallest absolute Gasteiger partial charge is 0.0958 e. The van der Waals surface area contributed by atoms with Crippen molar-refractivity contribution < 1.29 is 0 Å². The van der Waals surface area contributed by atoms with Crippen LogP contribution < -0.4 is 5.73 Å². The van der Waals surface area contributed by atoms with Crippen molar-refractivity contribution in [1.82, 2.24) is 14.8 Å². The molecule has 18 heavy (non-hydrogen) atoms. The van der Waals surface area contributed by atoms with E-state index in [9.17, 15) is 0 Å². The predicted octanol–water partition coefficient (Wildman–Crippen LogP) is 2.27. The van der Waals surface area contributed by atoms with Gasteiger partial charge in [0.25, 0.3) is 0 Å². The third kappa shape index (κ3) is 2.14. The lowest BCUT2D eigenvalue weighted by Gasteiger charge is -2.05. The van der Waals surface area contributed by atoms with Gasteiger partial charge >= 0.3 is 0 Å². The van der Waals surface area contributed by atoms with E-state index in [1.807, 2.05) is 37.5 Å². The zero-order valence-electron chi connectivity index (χ0n) is 10.1. The first-order chi connectivity index (χ1) is 8.72. The highest BCUT2D eigenvalue weighted by Crippen LogP contribution is 2.24. The maximum absolute atomic E-state index is 6.15. The molecule has 0 aliphatic heterocycles. The van der Waals surface area contributed by atoms with Crippen molar-refractivity contribution in [3.05, 3.63) is 47.2 Å². The average molecular weight is 258 g/mol. The fourth-order valence-corrected chi connectivity index (χ4v) is 2.96. The second-order valence-electron chi connectivity index (χ2n) is 4.30. The lowest BCUT2D eigenvalue weighted by molar-refractivity contribution is 0.656. The first-order valence-corrected chi connectivity index (χ1v) is 6.63. The van der Waals surface area contributed by atoms with E-state index in [-0.39, 0.29) is 6.04 Å². The summed E-state index contributed by atoms with van der Waals surface area (Å²) in [6, 6.07) is 10.0. The zero-order chi connectivity index (χ0) is 12.5. The van der Waals surface area contributed by atoms with E-state index in [2.05, 4.69) is 16.1 Å². The molecule has 2 N–H and O–H groups in total. The molecule has 0 aliphatic carbocycles. The summed E-state index contributed by atoms with van der Waals surface area (Å²) in [6.07, 6.45) is 2.64. The van der Waals surface area contributed by atoms with Gasteiger partial charge in [0.05, 0.1) is 27.0 Å². The van der Waals surface area contributed by atoms with Crippen molar-refractivity contribution in [2.45, 2.75) is 12.5 Å². The Bertz CT molecular complexity index is 637. The molecular weight excluding hydrogens is 244 g/mol. The molecule has 0 spiro atoms. The summed E-state index contributed by atoms with van der Waals surface area (Å²) < 4.78 is 2.98. The summed E-state index contributed by atoms with van der Waals surface area (Å²) in [4.78, 5) is 4.59. The summed E-state index contributed by atoms with van der Waals surface area (Å²) >= 11 is 1.70. The van der Waals surface area contributed by atoms with E-state index in [4.69, 9.17) is 5.73 Å². The molecule has 0 bridgehead atoms. The molecule has 1 aromatic carbocycles. The van der Waals surface area contributed by atoms with Crippen molar-refractivity contribution in [1.29, 1.82) is 0 Å². The number of hydrogen-bond acceptors (Lipinski definition) is 4. The molecule has 3 rings (SSSR count). The number of rotatable bonds is 3. The summed E-state index contributed by atoms with van der Waals surface area (Å²) in [7, 11) is 1.90. The highest BCUT2D eigenvalue weighted by atomic mass is 32.1. The van der Waals surface area contributed by atoms with Gasteiger partial charge in [-0.1, -0.05) is 12.1 Å². The minimum Gasteiger partial charge on any atom is -0.322 e. The lowest BCUT2D eigenvalue weighted by Crippen LogP contribution is -2.14. The second-order valence-corrected chi connectivity index (χ2v) is 5.42. The fraction of sp³-hybridized carbons (Fsp3) is 0.231. The molecule has 0 amide bonds. The minimum atomic E-state index is -0.0910. The van der Waals surface area contributed by atoms with Crippen LogP contribution in [-0.2, 0) is 13.5 Å². The van der Waals surface area contributed by atoms with Gasteiger partial charge in [-0.25, -0.2) is 4.98 Å². The van der Waals surface area contributed by atoms with E-state index in [0.29, 0.717) is 0 Å². The molecule has 0 fully saturated rings. The molecule has 92 valence electrons. The molecule has 1 unspecified atom stereocenters. The molecule has 4 nitrogen and oxygen atoms in total. The Labute approximate surface area is 109 Å². The van der Waals surface area contributed by atoms with Gasteiger partial charge < -0.3 is 5.73 Å². The van der Waals surface area contributed by atoms with Crippen LogP contribution in [0, 0.1) is 0 Å². The Morgan fingerprint density at radius 1 is 1.33 bits per heavy atom. The van der Waals surface area contributed by atoms with E-state index in [1.54, 1.807) is 16.0 Å². The number of nitrogens with zero attached hydrogens (tertiary/aromatic N) is 3. The SMILES string of the molecule is Cn1ccc(C(N)Cc2nc3ccccc3s2)n1. The van der Waals surface area contributed by atoms with Gasteiger partial charge in [0.15, 0.2) is 0 Å². The number of para-hydroxylation sites is 1. The molecule has 3 aromatic rings. The van der Waals surface area contributed by atoms with Crippen LogP contribution in [0.1, 0.15) is 16.7 Å². The van der Waals surface area contributed by atoms with E-state index in [0.717, 1.165) is 22.6 Å². The zero-order valence-corrected chi connectivity index (χ0v) is 10.9. The Balaban J connectivity index is 1.83. The normalized spacial score (nSPS) is 13.0. The summed E-state index contributed by atoms with van der Waals surface area (Å²) in [5, 5.41) is 5.39. The Kier molecular flexibility index (Phi) is 2.85. The van der Waals surface area contributed by atoms with Gasteiger partial charge in [-0.05, 0) is 18.2 Å². The minimum absolute atomic E-state index is 0.0910. The van der Waals surface area contributed by atoms with Crippen molar-refractivity contribution >= 4 is 21.6 Å². The largest absolute Gasteiger partial charge is 0.322 e. The molecule has 2 heterocycles. The van der Waals surface area contributed by atoms with Gasteiger partial charge in [-0.2, -0.15) is 5.10 Å². The van der Waals surface area contributed by atoms with Crippen molar-refractivity contribution in [3.8, 4) is 0 Å². The third-order valence-corrected chi connectivity index (χ3v) is 3.91. The van der Waals surface area contributed by atoms with Crippen LogP contribution in [0.4, 0.5) is 0 Å². The van der Waals surface area contributed by atoms with Crippen molar-refractivity contribution in [3.63, 3.8) is 0 Å². The highest BCUT2D eigenvalue weighted by Gasteiger charge is 2.12. The first kappa shape index (κ1) is 11.4. The second kappa shape index (κ2) is 4.51. The predicted molar refractivity (Wildman–Crippen MR) is 73.5 cm³/mol. The van der Waals surface area contributed by atoms with Crippen LogP contribution in [0.3, 0.4) is 0 Å². The Morgan fingerprint density at radius 2 is 2.17 bits per heavy atom. The molecule has 0 saturated carbocycles. The van der Waals surface area contributed by atoms with Gasteiger partial charge in [0.2, 0.25) is 0 Å². The van der Waals surface area contributed by atoms with Gasteiger partial charge in [0.1, 0.15) is 0 Å². The molecule has 1 atom stereocenters. The van der Waals surface area contributed by atoms with Crippen molar-refractivity contribution in [2.24, 2.45) is 12.8 Å². The molecule has 2 aromatic heterocycles. The highest BCUT2D eigenvalue weighted by molar-refractivity contribution is 7.18. The maximum atomic E-state index is 6.15. The molecule has 0 aliphatic rings. The van der Waals surface area contributed by atoms with Crippen LogP contribution in [0.2, 0.25) is 0 Å². The van der Waals surface area contributed by atoms with Gasteiger partial charge in [-0.3, -0.25) is 4.68 Å². The summed E-state index contributed by atoms with van der Waals surface area (Å²) in [5.41, 5.74) is 8.11. The quantitative estimate of drug-likeness (QED) is 0.784. The number of nitrogens with two attached hydrogens (primary N) is 1. The van der Waals surface area contributed by atoms with Crippen LogP contribution >= 0.6 is 11.3 Å². The number of fused-ring (bicyclic) bond motifs is 1. The van der Waals surface area contributed by atoms with E-state index < -0.39 is 0 Å². The van der Waals surface area contributed by atoms with Gasteiger partial charge in [-0.15, -0.1) is 11.3 Å². The van der Waals surface area contributed by atoms with Gasteiger partial charge in [0, 0.05) is 19.7 Å². The molecular formula is C13H14N4S. The monoisotopic (exact) mass is 258 g/mol. The number of hydrogen-bond donors (Lipinski definition) is 1. The third-order valence-electron chi connectivity index (χ3n) is 2.85. The number of aryl methyl sites for hydroxylation is 1. The Morgan fingerprint density at radius 3 is 2.89 bits per heavy atom. The van der Waals surface area contributed by atoms with Crippen LogP contribution in [0.5, 0.6) is 0 Å². The number of thiazole rings is 1. The average Bonchev–Trinajstić information content (AvgIpc) is 2.94.